The van der Waals surface area contributed by atoms with Gasteiger partial charge in [0.05, 0.1) is 25.2 Å². The normalized spacial score (nSPS) is 11.7. The Labute approximate surface area is 265 Å². The van der Waals surface area contributed by atoms with Gasteiger partial charge in [-0.25, -0.2) is 0 Å². The molecule has 1 unspecified atom stereocenters. The van der Waals surface area contributed by atoms with Crippen LogP contribution in [0, 0.1) is 0 Å². The number of ether oxygens (including phenoxy) is 2. The van der Waals surface area contributed by atoms with Gasteiger partial charge in [0, 0.05) is 27.2 Å². The number of anilines is 2. The van der Waals surface area contributed by atoms with Crippen molar-refractivity contribution in [2.45, 2.75) is 23.5 Å². The molecule has 4 aromatic carbocycles. The number of amides is 3. The molecule has 0 bridgehead atoms. The van der Waals surface area contributed by atoms with E-state index in [9.17, 15) is 14.4 Å². The molecule has 8 nitrogen and oxygen atoms in total. The van der Waals surface area contributed by atoms with Crippen LogP contribution in [0.3, 0.4) is 0 Å². The van der Waals surface area contributed by atoms with E-state index in [-0.39, 0.29) is 11.6 Å². The molecule has 0 aliphatic carbocycles. The molecule has 3 N–H and O–H groups in total. The van der Waals surface area contributed by atoms with Gasteiger partial charge >= 0.3 is 0 Å². The molecule has 4 rings (SSSR count). The number of hydrogen-bond acceptors (Lipinski definition) is 6. The molecule has 3 amide bonds. The average molecular weight is 630 g/mol. The van der Waals surface area contributed by atoms with Gasteiger partial charge in [0.1, 0.15) is 17.2 Å². The van der Waals surface area contributed by atoms with E-state index < -0.39 is 17.1 Å². The van der Waals surface area contributed by atoms with Gasteiger partial charge in [-0.1, -0.05) is 54.9 Å². The molecule has 44 heavy (non-hydrogen) atoms. The lowest BCUT2D eigenvalue weighted by molar-refractivity contribution is -0.116. The van der Waals surface area contributed by atoms with Crippen LogP contribution in [-0.4, -0.2) is 37.2 Å². The van der Waals surface area contributed by atoms with E-state index in [0.717, 1.165) is 4.90 Å². The van der Waals surface area contributed by atoms with E-state index in [0.29, 0.717) is 45.4 Å². The molecule has 0 fully saturated rings. The van der Waals surface area contributed by atoms with Gasteiger partial charge in [-0.05, 0) is 72.7 Å². The zero-order chi connectivity index (χ0) is 31.5. The summed E-state index contributed by atoms with van der Waals surface area (Å²) in [5.74, 6) is -0.0401. The van der Waals surface area contributed by atoms with Gasteiger partial charge in [-0.2, -0.15) is 0 Å². The lowest BCUT2D eigenvalue weighted by Gasteiger charge is -2.17. The van der Waals surface area contributed by atoms with Crippen molar-refractivity contribution in [1.29, 1.82) is 0 Å². The van der Waals surface area contributed by atoms with Gasteiger partial charge in [0.15, 0.2) is 0 Å². The Morgan fingerprint density at radius 1 is 0.864 bits per heavy atom. The van der Waals surface area contributed by atoms with Crippen molar-refractivity contribution < 1.29 is 23.9 Å². The van der Waals surface area contributed by atoms with E-state index in [4.69, 9.17) is 21.1 Å². The average Bonchev–Trinajstić information content (AvgIpc) is 3.03. The summed E-state index contributed by atoms with van der Waals surface area (Å²) in [6, 6.07) is 27.9. The Balaban J connectivity index is 1.51. The van der Waals surface area contributed by atoms with Crippen LogP contribution in [0.4, 0.5) is 11.4 Å². The van der Waals surface area contributed by atoms with Crippen LogP contribution in [0.5, 0.6) is 11.5 Å². The molecular formula is C34H32ClN3O5S. The third kappa shape index (κ3) is 8.89. The van der Waals surface area contributed by atoms with E-state index in [1.54, 1.807) is 104 Å². The van der Waals surface area contributed by atoms with Crippen LogP contribution in [0.2, 0.25) is 5.02 Å². The summed E-state index contributed by atoms with van der Waals surface area (Å²) >= 11 is 7.51. The van der Waals surface area contributed by atoms with Crippen LogP contribution in [0.25, 0.3) is 6.08 Å². The highest BCUT2D eigenvalue weighted by molar-refractivity contribution is 8.00. The number of thioether (sulfide) groups is 1. The number of rotatable bonds is 12. The van der Waals surface area contributed by atoms with Crippen LogP contribution in [0.1, 0.15) is 29.3 Å². The fourth-order valence-electron chi connectivity index (χ4n) is 4.16. The summed E-state index contributed by atoms with van der Waals surface area (Å²) in [5, 5.41) is 8.59. The molecule has 4 aromatic rings. The Kier molecular flexibility index (Phi) is 11.5. The number of halogens is 1. The third-order valence-electron chi connectivity index (χ3n) is 6.39. The summed E-state index contributed by atoms with van der Waals surface area (Å²) < 4.78 is 10.7. The molecule has 0 spiro atoms. The second-order valence-electron chi connectivity index (χ2n) is 9.49. The Morgan fingerprint density at radius 3 is 2.34 bits per heavy atom. The number of nitrogens with one attached hydrogen (secondary N) is 3. The SMILES string of the molecule is CCC(Sc1cccc(NC(=O)/C(=C/c2cccc(Cl)c2)NC(=O)c2ccccc2)c1)C(=O)Nc1cc(OC)ccc1OC. The van der Waals surface area contributed by atoms with Crippen LogP contribution < -0.4 is 25.4 Å². The Hall–Kier alpha value is -4.73. The Morgan fingerprint density at radius 2 is 1.64 bits per heavy atom. The number of carbonyl (C=O) groups is 3. The van der Waals surface area contributed by atoms with E-state index in [2.05, 4.69) is 16.0 Å². The van der Waals surface area contributed by atoms with Crippen molar-refractivity contribution in [1.82, 2.24) is 5.32 Å². The van der Waals surface area contributed by atoms with Gasteiger partial charge in [-0.15, -0.1) is 11.8 Å². The van der Waals surface area contributed by atoms with E-state index in [1.807, 2.05) is 13.0 Å². The molecule has 0 aliphatic heterocycles. The van der Waals surface area contributed by atoms with Crippen LogP contribution in [0.15, 0.2) is 108 Å². The first-order valence-corrected chi connectivity index (χ1v) is 15.0. The first-order chi connectivity index (χ1) is 21.3. The van der Waals surface area contributed by atoms with E-state index >= 15 is 0 Å². The number of benzene rings is 4. The number of hydrogen-bond donors (Lipinski definition) is 3. The fourth-order valence-corrected chi connectivity index (χ4v) is 5.37. The van der Waals surface area contributed by atoms with E-state index in [1.165, 1.54) is 18.9 Å². The Bertz CT molecular complexity index is 1660. The second-order valence-corrected chi connectivity index (χ2v) is 11.2. The van der Waals surface area contributed by atoms with Crippen molar-refractivity contribution in [2.24, 2.45) is 0 Å². The van der Waals surface area contributed by atoms with Gasteiger partial charge in [0.25, 0.3) is 11.8 Å². The standard InChI is InChI=1S/C34H32ClN3O5S/c1-4-31(34(41)37-28-21-26(42-2)16-17-30(28)43-3)44-27-15-9-14-25(20-27)36-33(40)29(19-22-10-8-13-24(35)18-22)38-32(39)23-11-6-5-7-12-23/h5-21,31H,4H2,1-3H3,(H,36,40)(H,37,41)(H,38,39)/b29-19-. The van der Waals surface area contributed by atoms with Crippen LogP contribution >= 0.6 is 23.4 Å². The molecule has 0 heterocycles. The lowest BCUT2D eigenvalue weighted by Crippen LogP contribution is -2.30. The molecule has 0 radical (unpaired) electrons. The van der Waals surface area contributed by atoms with Crippen molar-refractivity contribution in [3.05, 3.63) is 119 Å². The minimum absolute atomic E-state index is 0.0391. The maximum atomic E-state index is 13.5. The molecule has 10 heteroatoms. The minimum Gasteiger partial charge on any atom is -0.497 e. The maximum Gasteiger partial charge on any atom is 0.272 e. The number of methoxy groups -OCH3 is 2. The quantitative estimate of drug-likeness (QED) is 0.112. The molecule has 226 valence electrons. The van der Waals surface area contributed by atoms with Crippen molar-refractivity contribution >= 4 is 58.5 Å². The minimum atomic E-state index is -0.522. The summed E-state index contributed by atoms with van der Waals surface area (Å²) in [7, 11) is 3.09. The lowest BCUT2D eigenvalue weighted by atomic mass is 10.1. The third-order valence-corrected chi connectivity index (χ3v) is 7.98. The molecule has 0 aliphatic rings. The molecule has 0 saturated heterocycles. The topological polar surface area (TPSA) is 106 Å². The van der Waals surface area contributed by atoms with Crippen molar-refractivity contribution in [3.63, 3.8) is 0 Å². The predicted octanol–water partition coefficient (Wildman–Crippen LogP) is 7.28. The summed E-state index contributed by atoms with van der Waals surface area (Å²) in [5.41, 5.74) is 2.09. The summed E-state index contributed by atoms with van der Waals surface area (Å²) in [6.45, 7) is 1.92. The molecule has 1 atom stereocenters. The largest absolute Gasteiger partial charge is 0.497 e. The van der Waals surface area contributed by atoms with Gasteiger partial charge in [-0.3, -0.25) is 14.4 Å². The van der Waals surface area contributed by atoms with Crippen molar-refractivity contribution in [3.8, 4) is 11.5 Å². The zero-order valence-corrected chi connectivity index (χ0v) is 26.0. The number of carbonyl (C=O) groups excluding carboxylic acids is 3. The molecular weight excluding hydrogens is 598 g/mol. The highest BCUT2D eigenvalue weighted by Gasteiger charge is 2.21. The van der Waals surface area contributed by atoms with Crippen LogP contribution in [-0.2, 0) is 9.59 Å². The molecule has 0 saturated carbocycles. The molecule has 0 aromatic heterocycles. The highest BCUT2D eigenvalue weighted by Crippen LogP contribution is 2.32. The smallest absolute Gasteiger partial charge is 0.272 e. The summed E-state index contributed by atoms with van der Waals surface area (Å²) in [4.78, 5) is 40.4. The highest BCUT2D eigenvalue weighted by atomic mass is 35.5. The first-order valence-electron chi connectivity index (χ1n) is 13.7. The van der Waals surface area contributed by atoms with Crippen molar-refractivity contribution in [2.75, 3.05) is 24.9 Å². The van der Waals surface area contributed by atoms with Gasteiger partial charge in [0.2, 0.25) is 5.91 Å². The fraction of sp³-hybridized carbons (Fsp3) is 0.147. The first kappa shape index (κ1) is 32.2. The maximum absolute atomic E-state index is 13.5. The second kappa shape index (κ2) is 15.7. The monoisotopic (exact) mass is 629 g/mol. The summed E-state index contributed by atoms with van der Waals surface area (Å²) in [6.07, 6.45) is 2.11. The zero-order valence-electron chi connectivity index (χ0n) is 24.4. The predicted molar refractivity (Wildman–Crippen MR) is 177 cm³/mol. The van der Waals surface area contributed by atoms with Gasteiger partial charge < -0.3 is 25.4 Å².